The number of hydrogen-bond acceptors (Lipinski definition) is 7. The van der Waals surface area contributed by atoms with E-state index in [0.29, 0.717) is 11.2 Å². The molecule has 0 fully saturated rings. The van der Waals surface area contributed by atoms with Crippen molar-refractivity contribution in [1.29, 1.82) is 0 Å². The highest BCUT2D eigenvalue weighted by Gasteiger charge is 2.29. The van der Waals surface area contributed by atoms with E-state index in [1.165, 1.54) is 17.2 Å². The molecule has 9 heteroatoms. The Kier molecular flexibility index (Phi) is 4.27. The molecule has 0 saturated heterocycles. The molecule has 0 aliphatic heterocycles. The molecule has 2 heterocycles. The van der Waals surface area contributed by atoms with Gasteiger partial charge < -0.3 is 20.1 Å². The van der Waals surface area contributed by atoms with Crippen LogP contribution in [0.25, 0.3) is 11.2 Å². The van der Waals surface area contributed by atoms with E-state index in [4.69, 9.17) is 31.7 Å². The summed E-state index contributed by atoms with van der Waals surface area (Å²) in [5.41, 5.74) is -0.522. The third kappa shape index (κ3) is 2.67. The molecule has 0 atom stereocenters. The normalized spacial score (nSPS) is 12.2. The van der Waals surface area contributed by atoms with Crippen LogP contribution in [0.2, 0.25) is 5.15 Å². The minimum atomic E-state index is -1.41. The Morgan fingerprint density at radius 3 is 2.47 bits per heavy atom. The monoisotopic (exact) mass is 288 g/mol. The van der Waals surface area contributed by atoms with Gasteiger partial charge in [0.15, 0.2) is 10.8 Å². The molecule has 0 amide bonds. The van der Waals surface area contributed by atoms with E-state index in [-0.39, 0.29) is 11.9 Å². The molecule has 2 aromatic rings. The van der Waals surface area contributed by atoms with Gasteiger partial charge in [0.1, 0.15) is 24.2 Å². The number of imidazole rings is 1. The van der Waals surface area contributed by atoms with Gasteiger partial charge in [0.2, 0.25) is 0 Å². The number of aliphatic hydroxyl groups is 3. The fourth-order valence-corrected chi connectivity index (χ4v) is 1.62. The average Bonchev–Trinajstić information content (AvgIpc) is 2.86. The van der Waals surface area contributed by atoms with Crippen LogP contribution in [0, 0.1) is 0 Å². The number of ether oxygens (including phenoxy) is 1. The second-order valence-corrected chi connectivity index (χ2v) is 4.34. The summed E-state index contributed by atoms with van der Waals surface area (Å²) < 4.78 is 6.87. The fourth-order valence-electron chi connectivity index (χ4n) is 1.44. The summed E-state index contributed by atoms with van der Waals surface area (Å²) in [5, 5.41) is 27.7. The predicted molar refractivity (Wildman–Crippen MR) is 65.4 cm³/mol. The van der Waals surface area contributed by atoms with Gasteiger partial charge in [-0.2, -0.15) is 0 Å². The van der Waals surface area contributed by atoms with Crippen molar-refractivity contribution < 1.29 is 20.1 Å². The van der Waals surface area contributed by atoms with Gasteiger partial charge in [-0.15, -0.1) is 0 Å². The number of aromatic nitrogens is 4. The second-order valence-electron chi connectivity index (χ2n) is 3.98. The lowest BCUT2D eigenvalue weighted by atomic mass is 10.1. The Morgan fingerprint density at radius 1 is 1.16 bits per heavy atom. The summed E-state index contributed by atoms with van der Waals surface area (Å²) in [7, 11) is 0. The maximum Gasteiger partial charge on any atom is 0.166 e. The Balaban J connectivity index is 2.20. The summed E-state index contributed by atoms with van der Waals surface area (Å²) >= 11 is 5.85. The van der Waals surface area contributed by atoms with Gasteiger partial charge in [0.05, 0.1) is 26.1 Å². The Bertz CT molecular complexity index is 549. The minimum absolute atomic E-state index is 0.0501. The molecule has 0 radical (unpaired) electrons. The average molecular weight is 289 g/mol. The molecule has 0 saturated carbocycles. The van der Waals surface area contributed by atoms with Crippen LogP contribution in [0.5, 0.6) is 0 Å². The molecule has 0 aromatic carbocycles. The van der Waals surface area contributed by atoms with Crippen LogP contribution in [-0.4, -0.2) is 60.3 Å². The van der Waals surface area contributed by atoms with E-state index in [2.05, 4.69) is 15.0 Å². The van der Waals surface area contributed by atoms with Gasteiger partial charge in [0.25, 0.3) is 0 Å². The van der Waals surface area contributed by atoms with Crippen LogP contribution in [0.3, 0.4) is 0 Å². The number of aliphatic hydroxyl groups excluding tert-OH is 3. The van der Waals surface area contributed by atoms with E-state index < -0.39 is 25.4 Å². The standard InChI is InChI=1S/C10H13ClN4O4/c11-8-7-9(13-4-12-8)15(5-14-7)6-19-10(1-16,2-17)3-18/h4-5,16-18H,1-3,6H2. The molecule has 3 N–H and O–H groups in total. The van der Waals surface area contributed by atoms with E-state index in [1.54, 1.807) is 0 Å². The molecular formula is C10H13ClN4O4. The molecule has 2 rings (SSSR count). The third-order valence-electron chi connectivity index (χ3n) is 2.73. The zero-order chi connectivity index (χ0) is 13.9. The Morgan fingerprint density at radius 2 is 1.84 bits per heavy atom. The smallest absolute Gasteiger partial charge is 0.166 e. The molecule has 2 aromatic heterocycles. The SMILES string of the molecule is OCC(CO)(CO)OCn1cnc2c(Cl)ncnc21. The van der Waals surface area contributed by atoms with Crippen molar-refractivity contribution in [2.45, 2.75) is 12.3 Å². The Hall–Kier alpha value is -1.32. The van der Waals surface area contributed by atoms with Gasteiger partial charge in [-0.05, 0) is 0 Å². The van der Waals surface area contributed by atoms with Gasteiger partial charge in [-0.3, -0.25) is 4.57 Å². The molecule has 104 valence electrons. The van der Waals surface area contributed by atoms with Gasteiger partial charge in [-0.25, -0.2) is 15.0 Å². The summed E-state index contributed by atoms with van der Waals surface area (Å²) in [4.78, 5) is 11.8. The first-order valence-corrected chi connectivity index (χ1v) is 5.81. The van der Waals surface area contributed by atoms with Crippen molar-refractivity contribution in [3.8, 4) is 0 Å². The van der Waals surface area contributed by atoms with Crippen molar-refractivity contribution in [3.63, 3.8) is 0 Å². The first-order valence-electron chi connectivity index (χ1n) is 5.43. The van der Waals surface area contributed by atoms with Gasteiger partial charge >= 0.3 is 0 Å². The molecule has 0 aliphatic carbocycles. The first kappa shape index (κ1) is 14.1. The maximum absolute atomic E-state index is 9.15. The number of rotatable bonds is 6. The number of halogens is 1. The molecule has 0 aliphatic rings. The topological polar surface area (TPSA) is 114 Å². The summed E-state index contributed by atoms with van der Waals surface area (Å²) in [5.74, 6) is 0. The lowest BCUT2D eigenvalue weighted by Crippen LogP contribution is -2.44. The first-order chi connectivity index (χ1) is 9.15. The lowest BCUT2D eigenvalue weighted by Gasteiger charge is -2.27. The van der Waals surface area contributed by atoms with E-state index in [9.17, 15) is 0 Å². The Labute approximate surface area is 113 Å². The zero-order valence-corrected chi connectivity index (χ0v) is 10.7. The highest BCUT2D eigenvalue weighted by molar-refractivity contribution is 6.33. The predicted octanol–water partition coefficient (Wildman–Crippen LogP) is -0.831. The number of nitrogens with zero attached hydrogens (tertiary/aromatic N) is 4. The van der Waals surface area contributed by atoms with Crippen LogP contribution in [0.4, 0.5) is 0 Å². The van der Waals surface area contributed by atoms with Crippen molar-refractivity contribution in [1.82, 2.24) is 19.5 Å². The van der Waals surface area contributed by atoms with Crippen LogP contribution < -0.4 is 0 Å². The number of hydrogen-bond donors (Lipinski definition) is 3. The molecule has 8 nitrogen and oxygen atoms in total. The number of fused-ring (bicyclic) bond motifs is 1. The van der Waals surface area contributed by atoms with Crippen molar-refractivity contribution in [3.05, 3.63) is 17.8 Å². The lowest BCUT2D eigenvalue weighted by molar-refractivity contribution is -0.154. The third-order valence-corrected chi connectivity index (χ3v) is 3.01. The van der Waals surface area contributed by atoms with Crippen molar-refractivity contribution in [2.75, 3.05) is 19.8 Å². The summed E-state index contributed by atoms with van der Waals surface area (Å²) in [6.45, 7) is -1.58. The van der Waals surface area contributed by atoms with Crippen LogP contribution in [-0.2, 0) is 11.5 Å². The highest BCUT2D eigenvalue weighted by atomic mass is 35.5. The molecule has 0 spiro atoms. The molecule has 0 bridgehead atoms. The summed E-state index contributed by atoms with van der Waals surface area (Å²) in [6, 6.07) is 0. The minimum Gasteiger partial charge on any atom is -0.393 e. The molecular weight excluding hydrogens is 276 g/mol. The maximum atomic E-state index is 9.15. The molecule has 19 heavy (non-hydrogen) atoms. The quantitative estimate of drug-likeness (QED) is 0.594. The van der Waals surface area contributed by atoms with Gasteiger partial charge in [-0.1, -0.05) is 11.6 Å². The zero-order valence-electron chi connectivity index (χ0n) is 9.90. The van der Waals surface area contributed by atoms with E-state index >= 15 is 0 Å². The fraction of sp³-hybridized carbons (Fsp3) is 0.500. The largest absolute Gasteiger partial charge is 0.393 e. The molecule has 0 unspecified atom stereocenters. The van der Waals surface area contributed by atoms with Crippen molar-refractivity contribution in [2.24, 2.45) is 0 Å². The van der Waals surface area contributed by atoms with Gasteiger partial charge in [0, 0.05) is 0 Å². The van der Waals surface area contributed by atoms with E-state index in [0.717, 1.165) is 0 Å². The van der Waals surface area contributed by atoms with Crippen LogP contribution in [0.15, 0.2) is 12.7 Å². The highest BCUT2D eigenvalue weighted by Crippen LogP contribution is 2.18. The van der Waals surface area contributed by atoms with Crippen LogP contribution >= 0.6 is 11.6 Å². The van der Waals surface area contributed by atoms with Crippen molar-refractivity contribution >= 4 is 22.8 Å². The summed E-state index contributed by atoms with van der Waals surface area (Å²) in [6.07, 6.45) is 2.74. The second kappa shape index (κ2) is 5.76. The van der Waals surface area contributed by atoms with Crippen LogP contribution in [0.1, 0.15) is 0 Å². The van der Waals surface area contributed by atoms with E-state index in [1.807, 2.05) is 0 Å².